The molecule has 1 aliphatic heterocycles. The van der Waals surface area contributed by atoms with Crippen LogP contribution in [0.4, 0.5) is 11.4 Å². The first-order chi connectivity index (χ1) is 18.3. The molecule has 1 aliphatic rings. The van der Waals surface area contributed by atoms with Gasteiger partial charge in [-0.3, -0.25) is 9.10 Å². The number of nitrogens with one attached hydrogen (secondary N) is 1. The number of hydrogen-bond acceptors (Lipinski definition) is 5. The zero-order valence-corrected chi connectivity index (χ0v) is 23.2. The Labute approximate surface area is 226 Å². The Hall–Kier alpha value is -3.52. The molecule has 3 aromatic carbocycles. The van der Waals surface area contributed by atoms with E-state index >= 15 is 0 Å². The van der Waals surface area contributed by atoms with Gasteiger partial charge in [0.1, 0.15) is 12.3 Å². The van der Waals surface area contributed by atoms with E-state index in [1.165, 1.54) is 37.1 Å². The fourth-order valence-corrected chi connectivity index (χ4v) is 6.08. The van der Waals surface area contributed by atoms with E-state index < -0.39 is 10.0 Å². The van der Waals surface area contributed by atoms with Crippen LogP contribution in [-0.2, 0) is 14.8 Å². The minimum Gasteiger partial charge on any atom is -0.494 e. The standard InChI is InChI=1S/C30H37N3O4S/c1-4-37-28-16-18-29(19-17-28)38(35,36)33(27-12-8-23(2)9-13-27)22-30(34)31-24(3)25-10-14-26(15-11-25)32-20-6-5-7-21-32/h8-19,24H,4-7,20-22H2,1-3H3,(H,31,34). The molecule has 0 spiro atoms. The molecule has 1 unspecified atom stereocenters. The molecule has 1 saturated heterocycles. The molecule has 0 saturated carbocycles. The van der Waals surface area contributed by atoms with E-state index in [9.17, 15) is 13.2 Å². The minimum absolute atomic E-state index is 0.0932. The lowest BCUT2D eigenvalue weighted by molar-refractivity contribution is -0.120. The lowest BCUT2D eigenvalue weighted by Gasteiger charge is -2.29. The second-order valence-corrected chi connectivity index (χ2v) is 11.5. The zero-order chi connectivity index (χ0) is 27.1. The highest BCUT2D eigenvalue weighted by molar-refractivity contribution is 7.92. The van der Waals surface area contributed by atoms with Gasteiger partial charge in [0.2, 0.25) is 5.91 Å². The Morgan fingerprint density at radius 2 is 1.58 bits per heavy atom. The highest BCUT2D eigenvalue weighted by Gasteiger charge is 2.28. The molecule has 0 aliphatic carbocycles. The molecule has 1 amide bonds. The van der Waals surface area contributed by atoms with Gasteiger partial charge < -0.3 is 15.0 Å². The van der Waals surface area contributed by atoms with Crippen LogP contribution < -0.4 is 19.3 Å². The van der Waals surface area contributed by atoms with E-state index in [0.717, 1.165) is 28.5 Å². The molecule has 1 fully saturated rings. The van der Waals surface area contributed by atoms with Crippen LogP contribution in [0.3, 0.4) is 0 Å². The van der Waals surface area contributed by atoms with Gasteiger partial charge in [-0.1, -0.05) is 29.8 Å². The Kier molecular flexibility index (Phi) is 8.94. The monoisotopic (exact) mass is 535 g/mol. The van der Waals surface area contributed by atoms with Crippen molar-refractivity contribution in [3.8, 4) is 5.75 Å². The summed E-state index contributed by atoms with van der Waals surface area (Å²) in [5.74, 6) is 0.207. The molecule has 1 heterocycles. The lowest BCUT2D eigenvalue weighted by atomic mass is 10.1. The summed E-state index contributed by atoms with van der Waals surface area (Å²) in [5.41, 5.74) is 3.59. The van der Waals surface area contributed by atoms with Crippen molar-refractivity contribution in [1.82, 2.24) is 5.32 Å². The number of carbonyl (C=O) groups excluding carboxylic acids is 1. The predicted molar refractivity (Wildman–Crippen MR) is 152 cm³/mol. The number of ether oxygens (including phenoxy) is 1. The first-order valence-electron chi connectivity index (χ1n) is 13.2. The number of piperidine rings is 1. The van der Waals surface area contributed by atoms with Gasteiger partial charge in [-0.2, -0.15) is 0 Å². The molecular weight excluding hydrogens is 498 g/mol. The number of sulfonamides is 1. The lowest BCUT2D eigenvalue weighted by Crippen LogP contribution is -2.41. The van der Waals surface area contributed by atoms with Gasteiger partial charge in [-0.25, -0.2) is 8.42 Å². The first-order valence-corrected chi connectivity index (χ1v) is 14.7. The summed E-state index contributed by atoms with van der Waals surface area (Å²) in [6.45, 7) is 8.00. The van der Waals surface area contributed by atoms with Crippen molar-refractivity contribution in [2.75, 3.05) is 35.4 Å². The molecule has 7 nitrogen and oxygen atoms in total. The topological polar surface area (TPSA) is 79.0 Å². The smallest absolute Gasteiger partial charge is 0.264 e. The average molecular weight is 536 g/mol. The Bertz CT molecular complexity index is 1300. The Morgan fingerprint density at radius 1 is 0.947 bits per heavy atom. The molecule has 8 heteroatoms. The van der Waals surface area contributed by atoms with Crippen LogP contribution in [-0.4, -0.2) is 40.6 Å². The molecule has 1 atom stereocenters. The van der Waals surface area contributed by atoms with Crippen molar-refractivity contribution in [2.45, 2.75) is 51.0 Å². The third-order valence-corrected chi connectivity index (χ3v) is 8.61. The maximum Gasteiger partial charge on any atom is 0.264 e. The van der Waals surface area contributed by atoms with Gasteiger partial charge in [-0.05, 0) is 94.1 Å². The van der Waals surface area contributed by atoms with Crippen LogP contribution in [0.15, 0.2) is 77.7 Å². The summed E-state index contributed by atoms with van der Waals surface area (Å²) < 4.78 is 33.9. The number of aryl methyl sites for hydroxylation is 1. The van der Waals surface area contributed by atoms with E-state index in [2.05, 4.69) is 22.3 Å². The maximum atomic E-state index is 13.7. The summed E-state index contributed by atoms with van der Waals surface area (Å²) in [6.07, 6.45) is 3.71. The highest BCUT2D eigenvalue weighted by Crippen LogP contribution is 2.26. The number of rotatable bonds is 10. The van der Waals surface area contributed by atoms with Crippen molar-refractivity contribution in [3.63, 3.8) is 0 Å². The summed E-state index contributed by atoms with van der Waals surface area (Å²) >= 11 is 0. The van der Waals surface area contributed by atoms with Gasteiger partial charge in [0.05, 0.1) is 23.2 Å². The summed E-state index contributed by atoms with van der Waals surface area (Å²) in [6, 6.07) is 21.3. The Balaban J connectivity index is 1.50. The second-order valence-electron chi connectivity index (χ2n) is 9.68. The molecule has 4 rings (SSSR count). The van der Waals surface area contributed by atoms with E-state index in [4.69, 9.17) is 4.74 Å². The summed E-state index contributed by atoms with van der Waals surface area (Å²) in [5, 5.41) is 2.98. The Morgan fingerprint density at radius 3 is 2.18 bits per heavy atom. The minimum atomic E-state index is -4.00. The number of nitrogens with zero attached hydrogens (tertiary/aromatic N) is 2. The number of carbonyl (C=O) groups is 1. The van der Waals surface area contributed by atoms with Crippen molar-refractivity contribution in [3.05, 3.63) is 83.9 Å². The van der Waals surface area contributed by atoms with Crippen LogP contribution in [0.5, 0.6) is 5.75 Å². The maximum absolute atomic E-state index is 13.7. The van der Waals surface area contributed by atoms with Gasteiger partial charge in [-0.15, -0.1) is 0 Å². The van der Waals surface area contributed by atoms with Crippen molar-refractivity contribution in [2.24, 2.45) is 0 Å². The number of amides is 1. The molecule has 3 aromatic rings. The number of anilines is 2. The van der Waals surface area contributed by atoms with E-state index in [1.807, 2.05) is 45.0 Å². The van der Waals surface area contributed by atoms with Gasteiger partial charge in [0.25, 0.3) is 10.0 Å². The zero-order valence-electron chi connectivity index (χ0n) is 22.4. The third-order valence-electron chi connectivity index (χ3n) is 6.82. The van der Waals surface area contributed by atoms with Crippen molar-refractivity contribution in [1.29, 1.82) is 0 Å². The number of benzene rings is 3. The molecule has 0 bridgehead atoms. The van der Waals surface area contributed by atoms with E-state index in [1.54, 1.807) is 24.3 Å². The van der Waals surface area contributed by atoms with Crippen LogP contribution in [0.25, 0.3) is 0 Å². The highest BCUT2D eigenvalue weighted by atomic mass is 32.2. The average Bonchev–Trinajstić information content (AvgIpc) is 2.93. The van der Waals surface area contributed by atoms with Crippen LogP contribution in [0.2, 0.25) is 0 Å². The number of hydrogen-bond donors (Lipinski definition) is 1. The van der Waals surface area contributed by atoms with Crippen LogP contribution >= 0.6 is 0 Å². The predicted octanol–water partition coefficient (Wildman–Crippen LogP) is 5.46. The largest absolute Gasteiger partial charge is 0.494 e. The van der Waals surface area contributed by atoms with Crippen molar-refractivity contribution >= 4 is 27.3 Å². The summed E-state index contributed by atoms with van der Waals surface area (Å²) in [4.78, 5) is 15.6. The molecule has 0 aromatic heterocycles. The fraction of sp³-hybridized carbons (Fsp3) is 0.367. The van der Waals surface area contributed by atoms with Gasteiger partial charge >= 0.3 is 0 Å². The quantitative estimate of drug-likeness (QED) is 0.373. The van der Waals surface area contributed by atoms with E-state index in [0.29, 0.717) is 18.0 Å². The SMILES string of the molecule is CCOc1ccc(S(=O)(=O)N(CC(=O)NC(C)c2ccc(N3CCCCC3)cc2)c2ccc(C)cc2)cc1. The first kappa shape index (κ1) is 27.5. The summed E-state index contributed by atoms with van der Waals surface area (Å²) in [7, 11) is -4.00. The molecular formula is C30H37N3O4S. The molecule has 202 valence electrons. The van der Waals surface area contributed by atoms with Gasteiger partial charge in [0.15, 0.2) is 0 Å². The van der Waals surface area contributed by atoms with Crippen LogP contribution in [0.1, 0.15) is 50.3 Å². The molecule has 1 N–H and O–H groups in total. The second kappa shape index (κ2) is 12.3. The van der Waals surface area contributed by atoms with E-state index in [-0.39, 0.29) is 23.4 Å². The fourth-order valence-electron chi connectivity index (χ4n) is 4.65. The van der Waals surface area contributed by atoms with Crippen molar-refractivity contribution < 1.29 is 17.9 Å². The molecule has 0 radical (unpaired) electrons. The molecule has 38 heavy (non-hydrogen) atoms. The van der Waals surface area contributed by atoms with Gasteiger partial charge in [0, 0.05) is 18.8 Å². The normalized spacial score (nSPS) is 14.6. The van der Waals surface area contributed by atoms with Crippen LogP contribution in [0, 0.1) is 6.92 Å². The third kappa shape index (κ3) is 6.67.